The van der Waals surface area contributed by atoms with Gasteiger partial charge in [0.1, 0.15) is 5.82 Å². The van der Waals surface area contributed by atoms with Crippen LogP contribution < -0.4 is 5.32 Å². The molecule has 0 bridgehead atoms. The van der Waals surface area contributed by atoms with Gasteiger partial charge in [-0.25, -0.2) is 12.8 Å². The number of nitrogens with zero attached hydrogens (tertiary/aromatic N) is 2. The van der Waals surface area contributed by atoms with Crippen molar-refractivity contribution in [3.63, 3.8) is 0 Å². The Morgan fingerprint density at radius 2 is 1.72 bits per heavy atom. The van der Waals surface area contributed by atoms with Gasteiger partial charge >= 0.3 is 0 Å². The summed E-state index contributed by atoms with van der Waals surface area (Å²) in [6, 6.07) is 11.2. The lowest BCUT2D eigenvalue weighted by Gasteiger charge is -2.34. The molecule has 1 fully saturated rings. The Morgan fingerprint density at radius 3 is 2.31 bits per heavy atom. The number of anilines is 1. The van der Waals surface area contributed by atoms with Crippen molar-refractivity contribution in [1.82, 2.24) is 9.21 Å². The molecule has 1 aliphatic heterocycles. The van der Waals surface area contributed by atoms with E-state index in [9.17, 15) is 22.4 Å². The fourth-order valence-corrected chi connectivity index (χ4v) is 5.67. The minimum absolute atomic E-state index is 0.141. The van der Waals surface area contributed by atoms with Crippen molar-refractivity contribution < 1.29 is 22.4 Å². The maximum absolute atomic E-state index is 13.2. The highest BCUT2D eigenvalue weighted by molar-refractivity contribution is 7.89. The summed E-state index contributed by atoms with van der Waals surface area (Å²) in [5, 5.41) is 2.53. The highest BCUT2D eigenvalue weighted by Crippen LogP contribution is 2.26. The van der Waals surface area contributed by atoms with Crippen molar-refractivity contribution in [2.24, 2.45) is 11.8 Å². The van der Waals surface area contributed by atoms with E-state index < -0.39 is 27.7 Å². The van der Waals surface area contributed by atoms with Crippen molar-refractivity contribution in [1.29, 1.82) is 0 Å². The van der Waals surface area contributed by atoms with Crippen molar-refractivity contribution in [2.45, 2.75) is 25.2 Å². The molecule has 2 aromatic carbocycles. The summed E-state index contributed by atoms with van der Waals surface area (Å²) in [6.07, 6.45) is 0.999. The van der Waals surface area contributed by atoms with Crippen LogP contribution in [-0.2, 0) is 14.8 Å². The molecule has 7 nitrogen and oxygen atoms in total. The van der Waals surface area contributed by atoms with E-state index in [4.69, 9.17) is 0 Å². The molecular formula is C23H28FN3O4S. The van der Waals surface area contributed by atoms with Gasteiger partial charge in [-0.05, 0) is 60.7 Å². The van der Waals surface area contributed by atoms with Gasteiger partial charge in [0.05, 0.1) is 11.4 Å². The zero-order valence-electron chi connectivity index (χ0n) is 18.4. The second-order valence-electron chi connectivity index (χ2n) is 8.51. The fourth-order valence-electron chi connectivity index (χ4n) is 3.99. The average molecular weight is 462 g/mol. The summed E-state index contributed by atoms with van der Waals surface area (Å²) >= 11 is 0. The summed E-state index contributed by atoms with van der Waals surface area (Å²) < 4.78 is 40.7. The van der Waals surface area contributed by atoms with Gasteiger partial charge in [-0.3, -0.25) is 9.59 Å². The Labute approximate surface area is 188 Å². The van der Waals surface area contributed by atoms with Gasteiger partial charge in [0.2, 0.25) is 15.9 Å². The van der Waals surface area contributed by atoms with E-state index in [0.29, 0.717) is 30.6 Å². The number of piperidine rings is 1. The SMILES string of the molecule is CC1CC(C)CN(S(=O)(=O)c2ccc(C(=O)N(C)CC(=O)Nc3cccc(F)c3)cc2)C1. The quantitative estimate of drug-likeness (QED) is 0.716. The van der Waals surface area contributed by atoms with Crippen molar-refractivity contribution in [2.75, 3.05) is 32.0 Å². The first-order valence-electron chi connectivity index (χ1n) is 10.5. The van der Waals surface area contributed by atoms with Crippen molar-refractivity contribution in [3.8, 4) is 0 Å². The Morgan fingerprint density at radius 1 is 1.09 bits per heavy atom. The minimum atomic E-state index is -3.63. The molecule has 0 spiro atoms. The van der Waals surface area contributed by atoms with Gasteiger partial charge < -0.3 is 10.2 Å². The predicted octanol–water partition coefficient (Wildman–Crippen LogP) is 3.20. The van der Waals surface area contributed by atoms with Crippen LogP contribution in [0.25, 0.3) is 0 Å². The Balaban J connectivity index is 1.64. The number of hydrogen-bond donors (Lipinski definition) is 1. The number of nitrogens with one attached hydrogen (secondary N) is 1. The molecule has 1 aliphatic rings. The molecule has 0 aliphatic carbocycles. The Kier molecular flexibility index (Phi) is 7.30. The number of carbonyl (C=O) groups excluding carboxylic acids is 2. The molecule has 2 amide bonds. The fraction of sp³-hybridized carbons (Fsp3) is 0.391. The van der Waals surface area contributed by atoms with Crippen LogP contribution in [0.3, 0.4) is 0 Å². The standard InChI is InChI=1S/C23H28FN3O4S/c1-16-11-17(2)14-27(13-16)32(30,31)21-9-7-18(8-10-21)23(29)26(3)15-22(28)25-20-6-4-5-19(24)12-20/h4-10,12,16-17H,11,13-15H2,1-3H3,(H,25,28). The largest absolute Gasteiger partial charge is 0.332 e. The number of amides is 2. The molecule has 2 atom stereocenters. The van der Waals surface area contributed by atoms with Crippen LogP contribution in [0, 0.1) is 17.7 Å². The summed E-state index contributed by atoms with van der Waals surface area (Å²) in [5.74, 6) is -0.790. The lowest BCUT2D eigenvalue weighted by atomic mass is 9.94. The number of benzene rings is 2. The zero-order valence-corrected chi connectivity index (χ0v) is 19.2. The van der Waals surface area contributed by atoms with E-state index in [1.54, 1.807) is 6.07 Å². The van der Waals surface area contributed by atoms with Crippen LogP contribution in [0.4, 0.5) is 10.1 Å². The number of likely N-dealkylation sites (N-methyl/N-ethyl adjacent to an activating group) is 1. The highest BCUT2D eigenvalue weighted by Gasteiger charge is 2.31. The molecule has 0 saturated carbocycles. The van der Waals surface area contributed by atoms with Gasteiger partial charge in [0.15, 0.2) is 0 Å². The Hall–Kier alpha value is -2.78. The number of hydrogen-bond acceptors (Lipinski definition) is 4. The normalized spacial score (nSPS) is 19.4. The van der Waals surface area contributed by atoms with E-state index >= 15 is 0 Å². The summed E-state index contributed by atoms with van der Waals surface area (Å²) in [6.45, 7) is 4.81. The van der Waals surface area contributed by atoms with Crippen LogP contribution in [0.1, 0.15) is 30.6 Å². The summed E-state index contributed by atoms with van der Waals surface area (Å²) in [5.41, 5.74) is 0.567. The zero-order chi connectivity index (χ0) is 23.5. The highest BCUT2D eigenvalue weighted by atomic mass is 32.2. The number of sulfonamides is 1. The van der Waals surface area contributed by atoms with Crippen molar-refractivity contribution >= 4 is 27.5 Å². The molecule has 1 saturated heterocycles. The molecule has 2 unspecified atom stereocenters. The first kappa shape index (κ1) is 23.9. The monoisotopic (exact) mass is 461 g/mol. The lowest BCUT2D eigenvalue weighted by Crippen LogP contribution is -2.42. The van der Waals surface area contributed by atoms with Crippen LogP contribution in [0.5, 0.6) is 0 Å². The summed E-state index contributed by atoms with van der Waals surface area (Å²) in [7, 11) is -2.17. The average Bonchev–Trinajstić information content (AvgIpc) is 2.72. The van der Waals surface area contributed by atoms with E-state index in [2.05, 4.69) is 5.32 Å². The number of carbonyl (C=O) groups is 2. The molecule has 172 valence electrons. The lowest BCUT2D eigenvalue weighted by molar-refractivity contribution is -0.116. The minimum Gasteiger partial charge on any atom is -0.332 e. The molecule has 3 rings (SSSR count). The molecule has 9 heteroatoms. The third kappa shape index (κ3) is 5.72. The maximum atomic E-state index is 13.2. The second-order valence-corrected chi connectivity index (χ2v) is 10.5. The van der Waals surface area contributed by atoms with Gasteiger partial charge in [-0.2, -0.15) is 4.31 Å². The Bertz CT molecular complexity index is 1080. The van der Waals surface area contributed by atoms with Gasteiger partial charge in [0, 0.05) is 31.4 Å². The van der Waals surface area contributed by atoms with E-state index in [0.717, 1.165) is 6.42 Å². The van der Waals surface area contributed by atoms with Gasteiger partial charge in [-0.1, -0.05) is 19.9 Å². The third-order valence-electron chi connectivity index (χ3n) is 5.41. The van der Waals surface area contributed by atoms with E-state index in [-0.39, 0.29) is 17.0 Å². The molecule has 2 aromatic rings. The van der Waals surface area contributed by atoms with Crippen LogP contribution >= 0.6 is 0 Å². The molecule has 1 heterocycles. The summed E-state index contributed by atoms with van der Waals surface area (Å²) in [4.78, 5) is 26.2. The van der Waals surface area contributed by atoms with Gasteiger partial charge in [-0.15, -0.1) is 0 Å². The molecule has 32 heavy (non-hydrogen) atoms. The van der Waals surface area contributed by atoms with Crippen molar-refractivity contribution in [3.05, 3.63) is 59.9 Å². The van der Waals surface area contributed by atoms with Gasteiger partial charge in [0.25, 0.3) is 5.91 Å². The first-order valence-corrected chi connectivity index (χ1v) is 11.9. The van der Waals surface area contributed by atoms with Crippen LogP contribution in [0.15, 0.2) is 53.4 Å². The second kappa shape index (κ2) is 9.79. The molecule has 0 radical (unpaired) electrons. The predicted molar refractivity (Wildman–Crippen MR) is 120 cm³/mol. The molecular weight excluding hydrogens is 433 g/mol. The molecule has 1 N–H and O–H groups in total. The number of rotatable bonds is 6. The topological polar surface area (TPSA) is 86.8 Å². The van der Waals surface area contributed by atoms with Crippen LogP contribution in [-0.4, -0.2) is 56.1 Å². The smallest absolute Gasteiger partial charge is 0.254 e. The van der Waals surface area contributed by atoms with Crippen LogP contribution in [0.2, 0.25) is 0 Å². The molecule has 0 aromatic heterocycles. The third-order valence-corrected chi connectivity index (χ3v) is 7.26. The number of halogens is 1. The van der Waals surface area contributed by atoms with E-state index in [1.165, 1.54) is 58.7 Å². The maximum Gasteiger partial charge on any atom is 0.254 e. The first-order chi connectivity index (χ1) is 15.1. The van der Waals surface area contributed by atoms with E-state index in [1.807, 2.05) is 13.8 Å².